The van der Waals surface area contributed by atoms with E-state index in [0.29, 0.717) is 39.1 Å². The van der Waals surface area contributed by atoms with E-state index in [1.165, 1.54) is 5.56 Å². The first kappa shape index (κ1) is 15.3. The molecule has 0 aliphatic carbocycles. The number of nitrogens with zero attached hydrogens (tertiary/aromatic N) is 1. The predicted molar refractivity (Wildman–Crippen MR) is 84.3 cm³/mol. The van der Waals surface area contributed by atoms with Crippen molar-refractivity contribution in [2.75, 3.05) is 19.8 Å². The first-order chi connectivity index (χ1) is 10.7. The molecule has 3 rings (SSSR count). The lowest BCUT2D eigenvalue weighted by atomic mass is 9.93. The number of furan rings is 1. The first-order valence-electron chi connectivity index (χ1n) is 7.82. The number of hydrogen-bond acceptors (Lipinski definition) is 4. The van der Waals surface area contributed by atoms with E-state index < -0.39 is 5.60 Å². The maximum absolute atomic E-state index is 10.8. The second-order valence-corrected chi connectivity index (χ2v) is 6.05. The van der Waals surface area contributed by atoms with Crippen LogP contribution in [0.2, 0.25) is 0 Å². The second kappa shape index (κ2) is 7.09. The van der Waals surface area contributed by atoms with Crippen LogP contribution in [0.3, 0.4) is 0 Å². The van der Waals surface area contributed by atoms with E-state index in [0.717, 1.165) is 12.3 Å². The Hall–Kier alpha value is -1.62. The van der Waals surface area contributed by atoms with Gasteiger partial charge in [-0.05, 0) is 17.7 Å². The minimum absolute atomic E-state index is 0.631. The first-order valence-corrected chi connectivity index (χ1v) is 7.82. The van der Waals surface area contributed by atoms with Crippen LogP contribution in [0, 0.1) is 0 Å². The van der Waals surface area contributed by atoms with Crippen molar-refractivity contribution in [2.45, 2.75) is 31.5 Å². The highest BCUT2D eigenvalue weighted by atomic mass is 16.5. The molecular formula is C18H23NO3. The third-order valence-electron chi connectivity index (χ3n) is 4.15. The molecule has 4 heteroatoms. The fraction of sp³-hybridized carbons (Fsp3) is 0.444. The highest BCUT2D eigenvalue weighted by Crippen LogP contribution is 2.23. The zero-order valence-electron chi connectivity index (χ0n) is 12.8. The van der Waals surface area contributed by atoms with Crippen molar-refractivity contribution in [1.29, 1.82) is 0 Å². The van der Waals surface area contributed by atoms with Crippen molar-refractivity contribution in [3.8, 4) is 0 Å². The summed E-state index contributed by atoms with van der Waals surface area (Å²) in [7, 11) is 0. The van der Waals surface area contributed by atoms with E-state index in [-0.39, 0.29) is 0 Å². The van der Waals surface area contributed by atoms with Gasteiger partial charge in [0.25, 0.3) is 0 Å². The van der Waals surface area contributed by atoms with Gasteiger partial charge in [-0.1, -0.05) is 30.3 Å². The Morgan fingerprint density at radius 1 is 1.00 bits per heavy atom. The lowest BCUT2D eigenvalue weighted by Crippen LogP contribution is -2.46. The second-order valence-electron chi connectivity index (χ2n) is 6.05. The van der Waals surface area contributed by atoms with Gasteiger partial charge in [-0.3, -0.25) is 4.90 Å². The topological polar surface area (TPSA) is 45.8 Å². The molecule has 0 unspecified atom stereocenters. The van der Waals surface area contributed by atoms with E-state index in [2.05, 4.69) is 17.0 Å². The van der Waals surface area contributed by atoms with Crippen LogP contribution >= 0.6 is 0 Å². The summed E-state index contributed by atoms with van der Waals surface area (Å²) in [6.07, 6.45) is 3.08. The van der Waals surface area contributed by atoms with Crippen molar-refractivity contribution in [1.82, 2.24) is 4.90 Å². The van der Waals surface area contributed by atoms with Gasteiger partial charge < -0.3 is 14.3 Å². The van der Waals surface area contributed by atoms with Crippen LogP contribution in [-0.2, 0) is 17.8 Å². The highest BCUT2D eigenvalue weighted by Gasteiger charge is 2.32. The molecule has 0 atom stereocenters. The summed E-state index contributed by atoms with van der Waals surface area (Å²) in [4.78, 5) is 2.25. The summed E-state index contributed by atoms with van der Waals surface area (Å²) in [5.74, 6) is 0.923. The molecule has 1 aromatic heterocycles. The van der Waals surface area contributed by atoms with Crippen molar-refractivity contribution in [3.63, 3.8) is 0 Å². The van der Waals surface area contributed by atoms with Crippen molar-refractivity contribution >= 4 is 0 Å². The molecule has 2 heterocycles. The van der Waals surface area contributed by atoms with E-state index in [9.17, 15) is 5.11 Å². The SMILES string of the molecule is OC1(CN(Cc2ccccc2)Cc2ccco2)CCOCC1. The van der Waals surface area contributed by atoms with Gasteiger partial charge in [0.2, 0.25) is 0 Å². The van der Waals surface area contributed by atoms with Crippen molar-refractivity contribution in [3.05, 3.63) is 60.1 Å². The summed E-state index contributed by atoms with van der Waals surface area (Å²) >= 11 is 0. The third kappa shape index (κ3) is 4.19. The fourth-order valence-electron chi connectivity index (χ4n) is 2.96. The zero-order chi connectivity index (χ0) is 15.3. The van der Waals surface area contributed by atoms with Gasteiger partial charge in [0.1, 0.15) is 5.76 Å². The van der Waals surface area contributed by atoms with Crippen LogP contribution < -0.4 is 0 Å². The van der Waals surface area contributed by atoms with Gasteiger partial charge in [-0.15, -0.1) is 0 Å². The summed E-state index contributed by atoms with van der Waals surface area (Å²) in [6, 6.07) is 14.2. The standard InChI is InChI=1S/C18H23NO3/c20-18(8-11-21-12-9-18)15-19(14-17-7-4-10-22-17)13-16-5-2-1-3-6-16/h1-7,10,20H,8-9,11-15H2. The predicted octanol–water partition coefficient (Wildman–Crippen LogP) is 2.82. The Morgan fingerprint density at radius 2 is 1.77 bits per heavy atom. The molecule has 1 aliphatic rings. The Balaban J connectivity index is 1.70. The van der Waals surface area contributed by atoms with Gasteiger partial charge in [0.15, 0.2) is 0 Å². The minimum atomic E-state index is -0.667. The average molecular weight is 301 g/mol. The molecule has 0 amide bonds. The molecule has 1 aliphatic heterocycles. The van der Waals surface area contributed by atoms with Crippen LogP contribution in [0.4, 0.5) is 0 Å². The molecule has 4 nitrogen and oxygen atoms in total. The van der Waals surface area contributed by atoms with Gasteiger partial charge in [-0.2, -0.15) is 0 Å². The number of ether oxygens (including phenoxy) is 1. The van der Waals surface area contributed by atoms with Crippen LogP contribution in [0.5, 0.6) is 0 Å². The monoisotopic (exact) mass is 301 g/mol. The van der Waals surface area contributed by atoms with Crippen molar-refractivity contribution < 1.29 is 14.3 Å². The summed E-state index contributed by atoms with van der Waals surface area (Å²) < 4.78 is 10.8. The molecule has 1 saturated heterocycles. The maximum Gasteiger partial charge on any atom is 0.117 e. The Labute approximate surface area is 131 Å². The summed E-state index contributed by atoms with van der Waals surface area (Å²) in [5.41, 5.74) is 0.573. The minimum Gasteiger partial charge on any atom is -0.468 e. The van der Waals surface area contributed by atoms with Gasteiger partial charge >= 0.3 is 0 Å². The molecule has 118 valence electrons. The van der Waals surface area contributed by atoms with Gasteiger partial charge in [0.05, 0.1) is 18.4 Å². The van der Waals surface area contributed by atoms with Crippen molar-refractivity contribution in [2.24, 2.45) is 0 Å². The number of hydrogen-bond donors (Lipinski definition) is 1. The normalized spacial score (nSPS) is 17.7. The fourth-order valence-corrected chi connectivity index (χ4v) is 2.96. The molecule has 0 saturated carbocycles. The highest BCUT2D eigenvalue weighted by molar-refractivity contribution is 5.15. The lowest BCUT2D eigenvalue weighted by Gasteiger charge is -2.36. The van der Waals surface area contributed by atoms with Crippen LogP contribution in [-0.4, -0.2) is 35.4 Å². The number of rotatable bonds is 6. The Kier molecular flexibility index (Phi) is 4.93. The molecule has 1 fully saturated rings. The smallest absolute Gasteiger partial charge is 0.117 e. The Bertz CT molecular complexity index is 547. The molecular weight excluding hydrogens is 278 g/mol. The molecule has 0 radical (unpaired) electrons. The van der Waals surface area contributed by atoms with Gasteiger partial charge in [-0.25, -0.2) is 0 Å². The van der Waals surface area contributed by atoms with E-state index in [1.54, 1.807) is 6.26 Å². The molecule has 0 bridgehead atoms. The molecule has 22 heavy (non-hydrogen) atoms. The number of aliphatic hydroxyl groups is 1. The van der Waals surface area contributed by atoms with E-state index >= 15 is 0 Å². The third-order valence-corrected chi connectivity index (χ3v) is 4.15. The molecule has 1 N–H and O–H groups in total. The largest absolute Gasteiger partial charge is 0.468 e. The van der Waals surface area contributed by atoms with Crippen LogP contribution in [0.15, 0.2) is 53.1 Å². The van der Waals surface area contributed by atoms with E-state index in [4.69, 9.17) is 9.15 Å². The number of benzene rings is 1. The van der Waals surface area contributed by atoms with Crippen LogP contribution in [0.1, 0.15) is 24.2 Å². The molecule has 0 spiro atoms. The summed E-state index contributed by atoms with van der Waals surface area (Å²) in [5, 5.41) is 10.8. The molecule has 2 aromatic rings. The van der Waals surface area contributed by atoms with E-state index in [1.807, 2.05) is 30.3 Å². The van der Waals surface area contributed by atoms with Gasteiger partial charge in [0, 0.05) is 39.1 Å². The van der Waals surface area contributed by atoms with Crippen LogP contribution in [0.25, 0.3) is 0 Å². The molecule has 1 aromatic carbocycles. The quantitative estimate of drug-likeness (QED) is 0.891. The average Bonchev–Trinajstić information content (AvgIpc) is 3.01. The lowest BCUT2D eigenvalue weighted by molar-refractivity contribution is -0.0826. The summed E-state index contributed by atoms with van der Waals surface area (Å²) in [6.45, 7) is 3.40. The zero-order valence-corrected chi connectivity index (χ0v) is 12.8. The Morgan fingerprint density at radius 3 is 2.45 bits per heavy atom. The maximum atomic E-state index is 10.8.